The Hall–Kier alpha value is -8.76. The molecule has 2 rings (SSSR count). The molecule has 0 unspecified atom stereocenters. The molecule has 39 heteroatoms. The highest BCUT2D eigenvalue weighted by molar-refractivity contribution is 5.99. The van der Waals surface area contributed by atoms with E-state index in [4.69, 9.17) is 38.1 Å². The number of nitrogens with zero attached hydrogens (tertiary/aromatic N) is 2. The minimum atomic E-state index is -2.69. The van der Waals surface area contributed by atoms with Crippen LogP contribution in [0, 0.1) is 47.3 Å². The molecule has 0 spiro atoms. The Labute approximate surface area is 660 Å². The van der Waals surface area contributed by atoms with E-state index in [9.17, 15) is 83.1 Å². The van der Waals surface area contributed by atoms with Crippen LogP contribution in [0.1, 0.15) is 186 Å². The minimum Gasteiger partial charge on any atom is -0.481 e. The van der Waals surface area contributed by atoms with Gasteiger partial charge >= 0.3 is 11.9 Å². The summed E-state index contributed by atoms with van der Waals surface area (Å²) in [4.78, 5) is 229. The number of hydrogen-bond acceptors (Lipinski definition) is 24. The average Bonchev–Trinajstić information content (AvgIpc) is 0.809. The Morgan fingerprint density at radius 1 is 0.655 bits per heavy atom. The first-order valence-electron chi connectivity index (χ1n) is 39.0. The van der Waals surface area contributed by atoms with E-state index in [0.29, 0.717) is 6.42 Å². The normalized spacial score (nSPS) is 24.5. The third-order valence-corrected chi connectivity index (χ3v) is 21.4. The fourth-order valence-electron chi connectivity index (χ4n) is 13.3. The van der Waals surface area contributed by atoms with Crippen LogP contribution in [0.2, 0.25) is 0 Å². The Bertz CT molecular complexity index is 3220. The third-order valence-electron chi connectivity index (χ3n) is 21.4. The number of carboxylic acids is 1. The number of likely N-dealkylation sites (N-methyl/N-ethyl adjacent to an activating group) is 1. The highest BCUT2D eigenvalue weighted by atomic mass is 16.5. The number of amides is 14. The molecule has 0 aromatic heterocycles. The van der Waals surface area contributed by atoms with Crippen molar-refractivity contribution in [2.45, 2.75) is 283 Å². The number of methoxy groups -OCH3 is 1. The van der Waals surface area contributed by atoms with E-state index in [1.807, 2.05) is 13.8 Å². The van der Waals surface area contributed by atoms with Crippen molar-refractivity contribution in [2.75, 3.05) is 40.4 Å². The molecule has 39 nitrogen and oxygen atoms in total. The molecule has 0 bridgehead atoms. The predicted molar refractivity (Wildman–Crippen MR) is 408 cm³/mol. The number of fused-ring (bicyclic) bond motifs is 1. The summed E-state index contributed by atoms with van der Waals surface area (Å²) in [5.74, 6) is -24.6. The fraction of sp³-hybridized carbons (Fsp3) is 0.784. The summed E-state index contributed by atoms with van der Waals surface area (Å²) in [6.07, 6.45) is -11.6. The number of aliphatic hydroxyl groups is 4. The van der Waals surface area contributed by atoms with Crippen LogP contribution in [0.4, 0.5) is 0 Å². The molecular weight excluding hydrogens is 1480 g/mol. The van der Waals surface area contributed by atoms with Crippen molar-refractivity contribution in [3.05, 3.63) is 0 Å². The van der Waals surface area contributed by atoms with Crippen molar-refractivity contribution < 1.29 is 112 Å². The summed E-state index contributed by atoms with van der Waals surface area (Å²) in [7, 11) is 2.45. The summed E-state index contributed by atoms with van der Waals surface area (Å²) in [5, 5.41) is 78.4. The van der Waals surface area contributed by atoms with E-state index in [1.54, 1.807) is 34.6 Å². The molecule has 2 aliphatic heterocycles. The zero-order valence-electron chi connectivity index (χ0n) is 67.9. The van der Waals surface area contributed by atoms with Crippen LogP contribution in [0.5, 0.6) is 0 Å². The van der Waals surface area contributed by atoms with Crippen LogP contribution in [0.15, 0.2) is 0 Å². The van der Waals surface area contributed by atoms with Gasteiger partial charge < -0.3 is 121 Å². The van der Waals surface area contributed by atoms with Crippen molar-refractivity contribution in [2.24, 2.45) is 76.0 Å². The largest absolute Gasteiger partial charge is 0.481 e. The van der Waals surface area contributed by atoms with E-state index >= 15 is 19.2 Å². The number of ether oxygens (including phenoxy) is 2. The summed E-state index contributed by atoms with van der Waals surface area (Å²) < 4.78 is 11.7. The fourth-order valence-corrected chi connectivity index (χ4v) is 13.3. The number of carbonyl (C=O) groups excluding carboxylic acids is 15. The second-order valence-electron chi connectivity index (χ2n) is 31.0. The second-order valence-corrected chi connectivity index (χ2v) is 31.0. The Balaban J connectivity index is 3.12. The number of rotatable bonds is 39. The molecule has 0 saturated carbocycles. The van der Waals surface area contributed by atoms with Gasteiger partial charge in [0, 0.05) is 51.9 Å². The second kappa shape index (κ2) is 49.1. The summed E-state index contributed by atoms with van der Waals surface area (Å²) in [6, 6.07) is -19.4. The van der Waals surface area contributed by atoms with Gasteiger partial charge in [-0.1, -0.05) is 82.6 Å². The minimum absolute atomic E-state index is 0.0304. The number of cyclic esters (lactones) is 1. The highest BCUT2D eigenvalue weighted by Crippen LogP contribution is 2.29. The van der Waals surface area contributed by atoms with E-state index in [0.717, 1.165) is 16.2 Å². The topological polar surface area (TPSA) is 638 Å². The summed E-state index contributed by atoms with van der Waals surface area (Å²) >= 11 is 0. The molecule has 0 aromatic rings. The predicted octanol–water partition coefficient (Wildman–Crippen LogP) is -4.73. The Morgan fingerprint density at radius 3 is 1.80 bits per heavy atom. The van der Waals surface area contributed by atoms with Crippen molar-refractivity contribution in [1.82, 2.24) is 57.7 Å². The van der Waals surface area contributed by atoms with Crippen molar-refractivity contribution in [1.29, 1.82) is 0 Å². The van der Waals surface area contributed by atoms with E-state index in [-0.39, 0.29) is 102 Å². The number of carboxylic acid groups (broad SMARTS) is 1. The molecule has 22 atom stereocenters. The monoisotopic (exact) mass is 1610 g/mol. The Morgan fingerprint density at radius 2 is 1.25 bits per heavy atom. The van der Waals surface area contributed by atoms with Gasteiger partial charge in [0.15, 0.2) is 6.10 Å². The first-order chi connectivity index (χ1) is 52.8. The van der Waals surface area contributed by atoms with E-state index in [2.05, 4.69) is 47.9 Å². The van der Waals surface area contributed by atoms with Gasteiger partial charge in [-0.25, -0.2) is 4.79 Å². The summed E-state index contributed by atoms with van der Waals surface area (Å²) in [6.45, 7) is 17.5. The van der Waals surface area contributed by atoms with Gasteiger partial charge in [-0.05, 0) is 126 Å². The lowest BCUT2D eigenvalue weighted by Crippen LogP contribution is -2.65. The molecule has 0 aliphatic carbocycles. The van der Waals surface area contributed by atoms with Crippen molar-refractivity contribution in [3.8, 4) is 0 Å². The van der Waals surface area contributed by atoms with Gasteiger partial charge in [-0.15, -0.1) is 0 Å². The molecule has 2 saturated heterocycles. The van der Waals surface area contributed by atoms with E-state index in [1.165, 1.54) is 48.8 Å². The van der Waals surface area contributed by atoms with Crippen LogP contribution < -0.4 is 76.5 Å². The van der Waals surface area contributed by atoms with Crippen LogP contribution in [0.3, 0.4) is 0 Å². The van der Waals surface area contributed by atoms with Crippen molar-refractivity contribution in [3.63, 3.8) is 0 Å². The maximum atomic E-state index is 15.6. The number of carbonyl (C=O) groups is 16. The highest BCUT2D eigenvalue weighted by Gasteiger charge is 2.48. The van der Waals surface area contributed by atoms with Crippen LogP contribution >= 0.6 is 0 Å². The zero-order valence-corrected chi connectivity index (χ0v) is 67.9. The summed E-state index contributed by atoms with van der Waals surface area (Å²) in [5.41, 5.74) is 28.5. The third kappa shape index (κ3) is 31.9. The molecule has 14 amide bonds. The molecule has 2 fully saturated rings. The lowest BCUT2D eigenvalue weighted by Gasteiger charge is -2.39. The maximum Gasteiger partial charge on any atom is 0.329 e. The lowest BCUT2D eigenvalue weighted by atomic mass is 9.85. The lowest BCUT2D eigenvalue weighted by molar-refractivity contribution is -0.168. The molecule has 0 radical (unpaired) electrons. The quantitative estimate of drug-likeness (QED) is 0.0257. The van der Waals surface area contributed by atoms with Gasteiger partial charge in [0.25, 0.3) is 5.91 Å². The van der Waals surface area contributed by atoms with Gasteiger partial charge in [0.05, 0.1) is 37.2 Å². The first kappa shape index (κ1) is 100. The van der Waals surface area contributed by atoms with Crippen molar-refractivity contribution >= 4 is 94.6 Å². The number of piperidine rings is 1. The number of aliphatic carboxylic acids is 1. The van der Waals surface area contributed by atoms with Gasteiger partial charge in [0.1, 0.15) is 66.6 Å². The van der Waals surface area contributed by atoms with Crippen LogP contribution in [-0.4, -0.2) is 267 Å². The number of nitrogens with one attached hydrogen (secondary N) is 9. The van der Waals surface area contributed by atoms with Gasteiger partial charge in [-0.3, -0.25) is 71.9 Å². The number of nitrogens with two attached hydrogens (primary N) is 5. The van der Waals surface area contributed by atoms with Gasteiger partial charge in [-0.2, -0.15) is 0 Å². The number of hydrogen-bond donors (Lipinski definition) is 19. The molecule has 644 valence electrons. The van der Waals surface area contributed by atoms with Gasteiger partial charge in [0.2, 0.25) is 76.8 Å². The standard InChI is InChI=1S/C74H130N16O23/c1-15-37(6)31-38(7)59(97)42(11)64(101)81-46(20-18-27-75)65(102)80-45(24-26-53(78)93)60(98)61(99)71(108)87-56(40(9)41(10)63(79)100)68(105)88-58-62(39(8)36(4)5)113-74(111)51-22-16-17-29-90(51)73(110)49(33-55(95)96)84-69(106)57(43(12)112-14)86-54(94)32-44(23-25-52(77)92)89(13)72(109)48(30-35(2)3)83-66(103)47(21-19-28-76)82-67(104)50(34-91)85-70(58)107/h35-51,56-62,91,97-99H,15-34,75-76H2,1-14H3,(H2,77,92)(H2,78,93)(H2,79,100)(H,80,102)(H,81,101)(H,82,104)(H,83,103)(H,84,106)(H,85,107)(H,86,94)(H,87,108)(H,88,105)(H,95,96)/t37-,38-,39-,40+,41-,42-,43-,44+,45+,46-,47-,48+,49-,50-,51+,56+,57+,58-,59-,60-,61-,62-/m1/s1. The zero-order chi connectivity index (χ0) is 86.2. The molecule has 0 aromatic carbocycles. The number of aliphatic hydroxyl groups excluding tert-OH is 4. The molecule has 24 N–H and O–H groups in total. The number of esters is 1. The molecule has 113 heavy (non-hydrogen) atoms. The Kier molecular flexibility index (Phi) is 43.6. The molecule has 2 aliphatic rings. The SMILES string of the molecule is CC[C@@H](C)C[C@@H](C)[C@@H](O)[C@@H](C)C(=O)N[C@H](CCCN)C(=O)N[C@@H](CCC(N)=O)[C@@H](O)[C@@H](O)C(=O)N[C@H](C(=O)N[C@H]1C(=O)N[C@H](CO)C(=O)N[C@H](CCCN)C(=O)N[C@@H](CC(C)C)C(=O)N(C)[C@@H](CCC(N)=O)CC(=O)N[C@@H]([C@@H](C)OC)C(=O)N[C@H](CC(=O)O)C(=O)N2CCCC[C@H]2C(=O)O[C@@H]1[C@H](C)C(C)C)[C@@H](C)[C@@H](C)C(N)=O. The van der Waals surface area contributed by atoms with Crippen LogP contribution in [-0.2, 0) is 86.2 Å². The van der Waals surface area contributed by atoms with Crippen LogP contribution in [0.25, 0.3) is 0 Å². The molecule has 2 heterocycles. The average molecular weight is 1610 g/mol. The first-order valence-corrected chi connectivity index (χ1v) is 39.0. The number of primary amides is 3. The van der Waals surface area contributed by atoms with E-state index < -0.39 is 253 Å². The maximum absolute atomic E-state index is 15.6. The smallest absolute Gasteiger partial charge is 0.329 e. The molecular formula is C74H130N16O23.